The quantitative estimate of drug-likeness (QED) is 0.761. The molecule has 74 valence electrons. The molecule has 0 aliphatic rings. The van der Waals surface area contributed by atoms with Gasteiger partial charge in [-0.05, 0) is 19.1 Å². The summed E-state index contributed by atoms with van der Waals surface area (Å²) in [7, 11) is 0. The van der Waals surface area contributed by atoms with Crippen molar-refractivity contribution in [2.75, 3.05) is 0 Å². The fourth-order valence-corrected chi connectivity index (χ4v) is 1.40. The topological polar surface area (TPSA) is 59.4 Å². The summed E-state index contributed by atoms with van der Waals surface area (Å²) < 4.78 is 5.51. The maximum atomic E-state index is 9.31. The molecule has 0 saturated heterocycles. The molecule has 0 radical (unpaired) electrons. The van der Waals surface area contributed by atoms with Crippen molar-refractivity contribution in [3.05, 3.63) is 36.1 Å². The first-order chi connectivity index (χ1) is 6.68. The average molecular weight is 191 g/mol. The van der Waals surface area contributed by atoms with Gasteiger partial charge >= 0.3 is 0 Å². The van der Waals surface area contributed by atoms with Crippen molar-refractivity contribution in [2.24, 2.45) is 5.73 Å². The van der Waals surface area contributed by atoms with E-state index in [0.717, 1.165) is 11.0 Å². The van der Waals surface area contributed by atoms with Crippen LogP contribution in [0.15, 0.2) is 34.7 Å². The molecular formula is C11H13NO2. The highest BCUT2D eigenvalue weighted by Gasteiger charge is 2.16. The van der Waals surface area contributed by atoms with Gasteiger partial charge in [-0.15, -0.1) is 0 Å². The van der Waals surface area contributed by atoms with Crippen LogP contribution in [0.4, 0.5) is 0 Å². The Bertz CT molecular complexity index is 401. The van der Waals surface area contributed by atoms with Gasteiger partial charge in [0.15, 0.2) is 0 Å². The second kappa shape index (κ2) is 3.44. The zero-order chi connectivity index (χ0) is 10.1. The largest absolute Gasteiger partial charge is 0.459 e. The number of nitrogens with two attached hydrogens (primary N) is 1. The third kappa shape index (κ3) is 1.52. The van der Waals surface area contributed by atoms with Gasteiger partial charge in [-0.2, -0.15) is 0 Å². The minimum Gasteiger partial charge on any atom is -0.459 e. The van der Waals surface area contributed by atoms with E-state index in [1.165, 1.54) is 0 Å². The second-order valence-electron chi connectivity index (χ2n) is 3.45. The van der Waals surface area contributed by atoms with Gasteiger partial charge in [0, 0.05) is 5.39 Å². The van der Waals surface area contributed by atoms with E-state index in [1.807, 2.05) is 30.3 Å². The first-order valence-corrected chi connectivity index (χ1v) is 4.60. The Morgan fingerprint density at radius 3 is 2.71 bits per heavy atom. The summed E-state index contributed by atoms with van der Waals surface area (Å²) in [5.41, 5.74) is 6.56. The van der Waals surface area contributed by atoms with Crippen LogP contribution < -0.4 is 5.73 Å². The van der Waals surface area contributed by atoms with Crippen molar-refractivity contribution in [1.82, 2.24) is 0 Å². The molecule has 3 N–H and O–H groups in total. The third-order valence-electron chi connectivity index (χ3n) is 2.29. The Hall–Kier alpha value is -1.32. The molecule has 0 aliphatic heterocycles. The van der Waals surface area contributed by atoms with Gasteiger partial charge in [-0.25, -0.2) is 0 Å². The van der Waals surface area contributed by atoms with E-state index in [4.69, 9.17) is 10.2 Å². The highest BCUT2D eigenvalue weighted by Crippen LogP contribution is 2.23. The molecule has 2 atom stereocenters. The number of aliphatic hydroxyl groups is 1. The van der Waals surface area contributed by atoms with Crippen molar-refractivity contribution >= 4 is 11.0 Å². The van der Waals surface area contributed by atoms with Gasteiger partial charge in [-0.3, -0.25) is 0 Å². The second-order valence-corrected chi connectivity index (χ2v) is 3.45. The van der Waals surface area contributed by atoms with Gasteiger partial charge in [0.1, 0.15) is 11.3 Å². The van der Waals surface area contributed by atoms with Crippen molar-refractivity contribution in [1.29, 1.82) is 0 Å². The predicted molar refractivity (Wildman–Crippen MR) is 54.8 cm³/mol. The van der Waals surface area contributed by atoms with Crippen LogP contribution in [-0.2, 0) is 0 Å². The lowest BCUT2D eigenvalue weighted by atomic mass is 10.1. The molecule has 1 heterocycles. The Balaban J connectivity index is 2.45. The number of rotatable bonds is 2. The summed E-state index contributed by atoms with van der Waals surface area (Å²) in [6, 6.07) is 9.10. The maximum Gasteiger partial charge on any atom is 0.134 e. The lowest BCUT2D eigenvalue weighted by Gasteiger charge is -2.10. The first kappa shape index (κ1) is 9.24. The van der Waals surface area contributed by atoms with E-state index in [0.29, 0.717) is 5.76 Å². The standard InChI is InChI=1S/C11H13NO2/c1-7(13)11(12)10-6-8-4-2-3-5-9(8)14-10/h2-7,11,13H,12H2,1H3/t7-,11-/m0/s1. The summed E-state index contributed by atoms with van der Waals surface area (Å²) in [6.45, 7) is 1.65. The smallest absolute Gasteiger partial charge is 0.134 e. The Kier molecular flexibility index (Phi) is 2.27. The molecule has 0 bridgehead atoms. The van der Waals surface area contributed by atoms with Gasteiger partial charge in [-0.1, -0.05) is 18.2 Å². The Morgan fingerprint density at radius 2 is 2.07 bits per heavy atom. The van der Waals surface area contributed by atoms with E-state index in [1.54, 1.807) is 6.92 Å². The van der Waals surface area contributed by atoms with Crippen molar-refractivity contribution in [3.8, 4) is 0 Å². The van der Waals surface area contributed by atoms with E-state index in [2.05, 4.69) is 0 Å². The molecule has 0 spiro atoms. The number of aliphatic hydroxyl groups excluding tert-OH is 1. The summed E-state index contributed by atoms with van der Waals surface area (Å²) in [5, 5.41) is 10.3. The van der Waals surface area contributed by atoms with Crippen molar-refractivity contribution in [2.45, 2.75) is 19.1 Å². The highest BCUT2D eigenvalue weighted by atomic mass is 16.3. The van der Waals surface area contributed by atoms with Crippen LogP contribution in [0.3, 0.4) is 0 Å². The molecule has 0 aliphatic carbocycles. The molecule has 0 fully saturated rings. The number of para-hydroxylation sites is 1. The Morgan fingerprint density at radius 1 is 1.36 bits per heavy atom. The zero-order valence-electron chi connectivity index (χ0n) is 7.97. The molecule has 0 amide bonds. The molecule has 3 nitrogen and oxygen atoms in total. The number of hydrogen-bond donors (Lipinski definition) is 2. The van der Waals surface area contributed by atoms with E-state index >= 15 is 0 Å². The lowest BCUT2D eigenvalue weighted by molar-refractivity contribution is 0.154. The average Bonchev–Trinajstić information content (AvgIpc) is 2.59. The fraction of sp³-hybridized carbons (Fsp3) is 0.273. The third-order valence-corrected chi connectivity index (χ3v) is 2.29. The van der Waals surface area contributed by atoms with Gasteiger partial charge in [0.05, 0.1) is 12.1 Å². The van der Waals surface area contributed by atoms with Gasteiger partial charge < -0.3 is 15.3 Å². The van der Waals surface area contributed by atoms with Crippen LogP contribution >= 0.6 is 0 Å². The van der Waals surface area contributed by atoms with Crippen LogP contribution in [0.1, 0.15) is 18.7 Å². The molecule has 0 unspecified atom stereocenters. The van der Waals surface area contributed by atoms with E-state index in [-0.39, 0.29) is 0 Å². The highest BCUT2D eigenvalue weighted by molar-refractivity contribution is 5.77. The van der Waals surface area contributed by atoms with E-state index in [9.17, 15) is 5.11 Å². The maximum absolute atomic E-state index is 9.31. The zero-order valence-corrected chi connectivity index (χ0v) is 7.97. The van der Waals surface area contributed by atoms with Crippen LogP contribution in [0.25, 0.3) is 11.0 Å². The van der Waals surface area contributed by atoms with Gasteiger partial charge in [0.25, 0.3) is 0 Å². The molecule has 3 heteroatoms. The number of fused-ring (bicyclic) bond motifs is 1. The van der Waals surface area contributed by atoms with Crippen LogP contribution in [0, 0.1) is 0 Å². The Labute approximate surface area is 82.1 Å². The van der Waals surface area contributed by atoms with Crippen molar-refractivity contribution in [3.63, 3.8) is 0 Å². The predicted octanol–water partition coefficient (Wildman–Crippen LogP) is 1.81. The monoisotopic (exact) mass is 191 g/mol. The summed E-state index contributed by atoms with van der Waals surface area (Å²) in [5.74, 6) is 0.626. The lowest BCUT2D eigenvalue weighted by Crippen LogP contribution is -2.22. The number of hydrogen-bond acceptors (Lipinski definition) is 3. The van der Waals surface area contributed by atoms with Gasteiger partial charge in [0.2, 0.25) is 0 Å². The molecule has 14 heavy (non-hydrogen) atoms. The molecule has 2 aromatic rings. The fourth-order valence-electron chi connectivity index (χ4n) is 1.40. The molecule has 2 rings (SSSR count). The van der Waals surface area contributed by atoms with Crippen LogP contribution in [-0.4, -0.2) is 11.2 Å². The minimum absolute atomic E-state index is 0.456. The molecule has 1 aromatic heterocycles. The summed E-state index contributed by atoms with van der Waals surface area (Å²) in [6.07, 6.45) is -0.601. The number of furan rings is 1. The molecule has 0 saturated carbocycles. The first-order valence-electron chi connectivity index (χ1n) is 4.60. The summed E-state index contributed by atoms with van der Waals surface area (Å²) in [4.78, 5) is 0. The normalized spacial score (nSPS) is 15.6. The van der Waals surface area contributed by atoms with Crippen LogP contribution in [0.5, 0.6) is 0 Å². The number of benzene rings is 1. The summed E-state index contributed by atoms with van der Waals surface area (Å²) >= 11 is 0. The van der Waals surface area contributed by atoms with Crippen LogP contribution in [0.2, 0.25) is 0 Å². The SMILES string of the molecule is C[C@H](O)[C@H](N)c1cc2ccccc2o1. The molecule has 1 aromatic carbocycles. The molecular weight excluding hydrogens is 178 g/mol. The van der Waals surface area contributed by atoms with E-state index < -0.39 is 12.1 Å². The van der Waals surface area contributed by atoms with Crippen molar-refractivity contribution < 1.29 is 9.52 Å². The minimum atomic E-state index is -0.601.